The molecule has 1 heterocycles. The monoisotopic (exact) mass is 306 g/mol. The molecule has 4 nitrogen and oxygen atoms in total. The first-order valence-electron chi connectivity index (χ1n) is 7.44. The summed E-state index contributed by atoms with van der Waals surface area (Å²) in [6, 6.07) is 17.0. The van der Waals surface area contributed by atoms with Crippen LogP contribution in [0, 0.1) is 0 Å². The molecule has 1 unspecified atom stereocenters. The third-order valence-corrected chi connectivity index (χ3v) is 3.96. The molecule has 116 valence electrons. The van der Waals surface area contributed by atoms with E-state index in [0.29, 0.717) is 11.5 Å². The van der Waals surface area contributed by atoms with Crippen LogP contribution in [0.4, 0.5) is 0 Å². The number of carbonyl (C=O) groups is 1. The highest BCUT2D eigenvalue weighted by Gasteiger charge is 2.23. The van der Waals surface area contributed by atoms with Crippen molar-refractivity contribution in [2.45, 2.75) is 13.0 Å². The van der Waals surface area contributed by atoms with Crippen molar-refractivity contribution in [2.75, 3.05) is 7.05 Å². The summed E-state index contributed by atoms with van der Waals surface area (Å²) >= 11 is 0. The number of benzene rings is 2. The lowest BCUT2D eigenvalue weighted by molar-refractivity contribution is -0.121. The zero-order valence-electron chi connectivity index (χ0n) is 13.1. The Bertz CT molecular complexity index is 777. The van der Waals surface area contributed by atoms with Gasteiger partial charge in [0, 0.05) is 7.05 Å². The number of amidine groups is 1. The summed E-state index contributed by atoms with van der Waals surface area (Å²) in [5.74, 6) is 0.591. The highest BCUT2D eigenvalue weighted by Crippen LogP contribution is 2.23. The number of hydrogen-bond donors (Lipinski definition) is 1. The van der Waals surface area contributed by atoms with Gasteiger partial charge in [0.2, 0.25) is 0 Å². The first-order valence-corrected chi connectivity index (χ1v) is 7.44. The maximum Gasteiger partial charge on any atom is 0.277 e. The number of rotatable bonds is 3. The molecule has 0 spiro atoms. The minimum absolute atomic E-state index is 0.101. The van der Waals surface area contributed by atoms with Crippen molar-refractivity contribution in [1.82, 2.24) is 4.90 Å². The van der Waals surface area contributed by atoms with Crippen LogP contribution in [0.25, 0.3) is 6.08 Å². The molecule has 1 amide bonds. The standard InChI is InChI=1S/C19H18N2O2/c1-13-20-17(19(23)21(13)2)12-14-8-10-16(11-9-14)18(22)15-6-4-3-5-7-15/h3-12,18,22H,1-2H3. The number of aliphatic imine (C=N–C) groups is 1. The summed E-state index contributed by atoms with van der Waals surface area (Å²) in [5, 5.41) is 10.4. The molecule has 2 aromatic carbocycles. The maximum atomic E-state index is 12.0. The van der Waals surface area contributed by atoms with E-state index in [0.717, 1.165) is 16.7 Å². The Labute approximate surface area is 135 Å². The lowest BCUT2D eigenvalue weighted by Gasteiger charge is -2.11. The predicted molar refractivity (Wildman–Crippen MR) is 90.8 cm³/mol. The second kappa shape index (κ2) is 6.18. The summed E-state index contributed by atoms with van der Waals surface area (Å²) in [4.78, 5) is 17.8. The summed E-state index contributed by atoms with van der Waals surface area (Å²) in [5.41, 5.74) is 2.98. The molecule has 23 heavy (non-hydrogen) atoms. The van der Waals surface area contributed by atoms with Crippen molar-refractivity contribution < 1.29 is 9.90 Å². The van der Waals surface area contributed by atoms with Gasteiger partial charge >= 0.3 is 0 Å². The Morgan fingerprint density at radius 3 is 2.22 bits per heavy atom. The molecule has 1 N–H and O–H groups in total. The van der Waals surface area contributed by atoms with E-state index in [4.69, 9.17) is 0 Å². The molecule has 0 aromatic heterocycles. The lowest BCUT2D eigenvalue weighted by Crippen LogP contribution is -2.25. The first kappa shape index (κ1) is 15.2. The van der Waals surface area contributed by atoms with Crippen LogP contribution in [0.2, 0.25) is 0 Å². The van der Waals surface area contributed by atoms with Gasteiger partial charge in [-0.2, -0.15) is 0 Å². The zero-order valence-corrected chi connectivity index (χ0v) is 13.1. The number of aliphatic hydroxyl groups excluding tert-OH is 1. The number of aliphatic hydroxyl groups is 1. The third kappa shape index (κ3) is 3.07. The molecular formula is C19H18N2O2. The summed E-state index contributed by atoms with van der Waals surface area (Å²) < 4.78 is 0. The maximum absolute atomic E-state index is 12.0. The molecule has 1 aliphatic rings. The summed E-state index contributed by atoms with van der Waals surface area (Å²) in [6.07, 6.45) is 1.10. The second-order valence-electron chi connectivity index (χ2n) is 5.53. The Hall–Kier alpha value is -2.72. The minimum atomic E-state index is -0.655. The topological polar surface area (TPSA) is 52.9 Å². The van der Waals surface area contributed by atoms with E-state index >= 15 is 0 Å². The van der Waals surface area contributed by atoms with Crippen molar-refractivity contribution in [2.24, 2.45) is 4.99 Å². The van der Waals surface area contributed by atoms with Crippen LogP contribution < -0.4 is 0 Å². The molecule has 0 fully saturated rings. The molecule has 0 radical (unpaired) electrons. The number of nitrogens with zero attached hydrogens (tertiary/aromatic N) is 2. The van der Waals surface area contributed by atoms with E-state index in [9.17, 15) is 9.90 Å². The van der Waals surface area contributed by atoms with E-state index < -0.39 is 6.10 Å². The van der Waals surface area contributed by atoms with E-state index in [-0.39, 0.29) is 5.91 Å². The van der Waals surface area contributed by atoms with Gasteiger partial charge in [0.1, 0.15) is 17.6 Å². The highest BCUT2D eigenvalue weighted by molar-refractivity contribution is 6.13. The quantitative estimate of drug-likeness (QED) is 0.886. The Morgan fingerprint density at radius 1 is 1.04 bits per heavy atom. The first-order chi connectivity index (χ1) is 11.1. The molecule has 1 aliphatic heterocycles. The molecule has 1 atom stereocenters. The van der Waals surface area contributed by atoms with Crippen LogP contribution >= 0.6 is 0 Å². The molecule has 2 aromatic rings. The van der Waals surface area contributed by atoms with Crippen LogP contribution in [0.5, 0.6) is 0 Å². The van der Waals surface area contributed by atoms with E-state index in [1.165, 1.54) is 4.90 Å². The highest BCUT2D eigenvalue weighted by atomic mass is 16.3. The van der Waals surface area contributed by atoms with Crippen molar-refractivity contribution in [3.63, 3.8) is 0 Å². The fourth-order valence-electron chi connectivity index (χ4n) is 2.47. The van der Waals surface area contributed by atoms with Gasteiger partial charge in [0.05, 0.1) is 0 Å². The van der Waals surface area contributed by atoms with Gasteiger partial charge in [-0.25, -0.2) is 4.99 Å². The largest absolute Gasteiger partial charge is 0.384 e. The van der Waals surface area contributed by atoms with Crippen molar-refractivity contribution >= 4 is 17.8 Å². The lowest BCUT2D eigenvalue weighted by atomic mass is 10.0. The average molecular weight is 306 g/mol. The molecule has 0 aliphatic carbocycles. The van der Waals surface area contributed by atoms with Crippen LogP contribution in [-0.2, 0) is 4.79 Å². The molecular weight excluding hydrogens is 288 g/mol. The van der Waals surface area contributed by atoms with E-state index in [1.54, 1.807) is 20.0 Å². The van der Waals surface area contributed by atoms with Gasteiger partial charge in [0.15, 0.2) is 0 Å². The van der Waals surface area contributed by atoms with Crippen molar-refractivity contribution in [1.29, 1.82) is 0 Å². The normalized spacial score (nSPS) is 17.5. The average Bonchev–Trinajstić information content (AvgIpc) is 2.83. The van der Waals surface area contributed by atoms with Gasteiger partial charge in [-0.05, 0) is 29.7 Å². The van der Waals surface area contributed by atoms with Crippen LogP contribution in [-0.4, -0.2) is 28.8 Å². The minimum Gasteiger partial charge on any atom is -0.384 e. The number of likely N-dealkylation sites (N-methyl/N-ethyl adjacent to an activating group) is 1. The van der Waals surface area contributed by atoms with Crippen molar-refractivity contribution in [3.8, 4) is 0 Å². The summed E-state index contributed by atoms with van der Waals surface area (Å²) in [7, 11) is 1.71. The van der Waals surface area contributed by atoms with Gasteiger partial charge in [0.25, 0.3) is 5.91 Å². The van der Waals surface area contributed by atoms with Crippen molar-refractivity contribution in [3.05, 3.63) is 77.0 Å². The van der Waals surface area contributed by atoms with Crippen LogP contribution in [0.1, 0.15) is 29.7 Å². The Kier molecular flexibility index (Phi) is 4.08. The number of carbonyl (C=O) groups excluding carboxylic acids is 1. The smallest absolute Gasteiger partial charge is 0.277 e. The molecule has 0 bridgehead atoms. The van der Waals surface area contributed by atoms with Gasteiger partial charge in [-0.15, -0.1) is 0 Å². The van der Waals surface area contributed by atoms with Gasteiger partial charge in [-0.3, -0.25) is 9.69 Å². The van der Waals surface area contributed by atoms with Gasteiger partial charge in [-0.1, -0.05) is 54.6 Å². The SMILES string of the molecule is CC1=NC(=Cc2ccc(C(O)c3ccccc3)cc2)C(=O)N1C. The predicted octanol–water partition coefficient (Wildman–Crippen LogP) is 3.00. The zero-order chi connectivity index (χ0) is 16.4. The van der Waals surface area contributed by atoms with Crippen LogP contribution in [0.15, 0.2) is 65.3 Å². The molecule has 3 rings (SSSR count). The fourth-order valence-corrected chi connectivity index (χ4v) is 2.47. The molecule has 4 heteroatoms. The Morgan fingerprint density at radius 2 is 1.65 bits per heavy atom. The molecule has 0 saturated carbocycles. The number of hydrogen-bond acceptors (Lipinski definition) is 3. The fraction of sp³-hybridized carbons (Fsp3) is 0.158. The van der Waals surface area contributed by atoms with E-state index in [2.05, 4.69) is 4.99 Å². The van der Waals surface area contributed by atoms with Gasteiger partial charge < -0.3 is 5.11 Å². The summed E-state index contributed by atoms with van der Waals surface area (Å²) in [6.45, 7) is 1.80. The van der Waals surface area contributed by atoms with Crippen LogP contribution in [0.3, 0.4) is 0 Å². The van der Waals surface area contributed by atoms with E-state index in [1.807, 2.05) is 54.6 Å². The number of amides is 1. The molecule has 0 saturated heterocycles. The third-order valence-electron chi connectivity index (χ3n) is 3.96. The second-order valence-corrected chi connectivity index (χ2v) is 5.53. The Balaban J connectivity index is 1.82.